The largest absolute Gasteiger partial charge is 0.451 e. The van der Waals surface area contributed by atoms with Crippen molar-refractivity contribution in [1.82, 2.24) is 10.2 Å². The van der Waals surface area contributed by atoms with Gasteiger partial charge in [0.1, 0.15) is 11.6 Å². The van der Waals surface area contributed by atoms with Crippen LogP contribution in [-0.4, -0.2) is 51.7 Å². The standard InChI is InChI=1S/C20H23N3O7/c1-11(20(27)30-12(2)17(24)21-13-7-4-3-5-8-13)22-18(25)14-9-6-10-15(23(28)29)16(14)19(22)26/h6,9-13H,3-5,7-8H2,1-2H3,(H,21,24). The lowest BCUT2D eigenvalue weighted by Crippen LogP contribution is -2.47. The number of nitrogens with zero attached hydrogens (tertiary/aromatic N) is 2. The molecule has 1 heterocycles. The molecule has 1 aromatic rings. The van der Waals surface area contributed by atoms with Crippen LogP contribution in [0, 0.1) is 10.1 Å². The number of esters is 1. The third-order valence-electron chi connectivity index (χ3n) is 5.46. The van der Waals surface area contributed by atoms with Gasteiger partial charge in [0.15, 0.2) is 6.10 Å². The summed E-state index contributed by atoms with van der Waals surface area (Å²) in [5.74, 6) is -3.15. The summed E-state index contributed by atoms with van der Waals surface area (Å²) in [6.45, 7) is 2.69. The molecule has 10 nitrogen and oxygen atoms in total. The Kier molecular flexibility index (Phi) is 6.14. The molecule has 3 rings (SSSR count). The van der Waals surface area contributed by atoms with Crippen LogP contribution in [0.4, 0.5) is 5.69 Å². The maximum Gasteiger partial charge on any atom is 0.329 e. The van der Waals surface area contributed by atoms with Crippen LogP contribution >= 0.6 is 0 Å². The van der Waals surface area contributed by atoms with E-state index in [0.29, 0.717) is 4.90 Å². The van der Waals surface area contributed by atoms with Crippen molar-refractivity contribution >= 4 is 29.4 Å². The Morgan fingerprint density at radius 3 is 2.47 bits per heavy atom. The SMILES string of the molecule is CC(OC(=O)C(C)N1C(=O)c2cccc([N+](=O)[O-])c2C1=O)C(=O)NC1CCCCC1. The number of carbonyl (C=O) groups excluding carboxylic acids is 4. The molecule has 0 saturated heterocycles. The number of benzene rings is 1. The second kappa shape index (κ2) is 8.60. The third kappa shape index (κ3) is 4.03. The van der Waals surface area contributed by atoms with Crippen LogP contribution in [-0.2, 0) is 14.3 Å². The quantitative estimate of drug-likeness (QED) is 0.323. The van der Waals surface area contributed by atoms with Gasteiger partial charge in [-0.1, -0.05) is 25.3 Å². The first-order chi connectivity index (χ1) is 14.2. The van der Waals surface area contributed by atoms with Crippen molar-refractivity contribution in [3.05, 3.63) is 39.4 Å². The fraction of sp³-hybridized carbons (Fsp3) is 0.500. The van der Waals surface area contributed by atoms with Crippen LogP contribution in [0.3, 0.4) is 0 Å². The van der Waals surface area contributed by atoms with Gasteiger partial charge in [-0.15, -0.1) is 0 Å². The van der Waals surface area contributed by atoms with Crippen molar-refractivity contribution in [1.29, 1.82) is 0 Å². The number of nitro benzene ring substituents is 1. The minimum Gasteiger partial charge on any atom is -0.451 e. The van der Waals surface area contributed by atoms with Crippen LogP contribution in [0.15, 0.2) is 18.2 Å². The Bertz CT molecular complexity index is 908. The molecule has 1 fully saturated rings. The summed E-state index contributed by atoms with van der Waals surface area (Å²) in [5.41, 5.74) is -0.999. The number of amides is 3. The van der Waals surface area contributed by atoms with Crippen molar-refractivity contribution in [2.24, 2.45) is 0 Å². The molecular formula is C20H23N3O7. The molecule has 0 spiro atoms. The number of rotatable bonds is 6. The highest BCUT2D eigenvalue weighted by atomic mass is 16.6. The summed E-state index contributed by atoms with van der Waals surface area (Å²) < 4.78 is 5.17. The molecule has 2 unspecified atom stereocenters. The molecular weight excluding hydrogens is 394 g/mol. The van der Waals surface area contributed by atoms with Crippen molar-refractivity contribution < 1.29 is 28.8 Å². The van der Waals surface area contributed by atoms with Gasteiger partial charge in [-0.05, 0) is 32.8 Å². The summed E-state index contributed by atoms with van der Waals surface area (Å²) in [7, 11) is 0. The van der Waals surface area contributed by atoms with E-state index >= 15 is 0 Å². The fourth-order valence-corrected chi connectivity index (χ4v) is 3.79. The zero-order valence-electron chi connectivity index (χ0n) is 16.8. The summed E-state index contributed by atoms with van der Waals surface area (Å²) in [6.07, 6.45) is 3.83. The van der Waals surface area contributed by atoms with Gasteiger partial charge >= 0.3 is 5.97 Å². The van der Waals surface area contributed by atoms with E-state index in [1.165, 1.54) is 26.0 Å². The molecule has 1 N–H and O–H groups in total. The van der Waals surface area contributed by atoms with E-state index in [4.69, 9.17) is 4.74 Å². The van der Waals surface area contributed by atoms with Crippen molar-refractivity contribution in [2.45, 2.75) is 64.1 Å². The number of hydrogen-bond donors (Lipinski definition) is 1. The van der Waals surface area contributed by atoms with Crippen molar-refractivity contribution in [3.63, 3.8) is 0 Å². The molecule has 0 bridgehead atoms. The van der Waals surface area contributed by atoms with E-state index < -0.39 is 46.4 Å². The Morgan fingerprint density at radius 1 is 1.17 bits per heavy atom. The maximum absolute atomic E-state index is 12.7. The molecule has 0 aromatic heterocycles. The molecule has 1 saturated carbocycles. The van der Waals surface area contributed by atoms with E-state index in [1.54, 1.807) is 0 Å². The predicted octanol–water partition coefficient (Wildman–Crippen LogP) is 1.96. The first-order valence-corrected chi connectivity index (χ1v) is 9.88. The fourth-order valence-electron chi connectivity index (χ4n) is 3.79. The summed E-state index contributed by atoms with van der Waals surface area (Å²) in [6, 6.07) is 2.41. The van der Waals surface area contributed by atoms with Gasteiger partial charge in [-0.3, -0.25) is 29.4 Å². The third-order valence-corrected chi connectivity index (χ3v) is 5.46. The van der Waals surface area contributed by atoms with Crippen molar-refractivity contribution in [2.75, 3.05) is 0 Å². The number of nitro groups is 1. The first-order valence-electron chi connectivity index (χ1n) is 9.88. The molecule has 3 amide bonds. The van der Waals surface area contributed by atoms with E-state index in [2.05, 4.69) is 5.32 Å². The molecule has 0 radical (unpaired) electrons. The van der Waals surface area contributed by atoms with E-state index in [-0.39, 0.29) is 17.2 Å². The Balaban J connectivity index is 1.68. The summed E-state index contributed by atoms with van der Waals surface area (Å²) >= 11 is 0. The van der Waals surface area contributed by atoms with E-state index in [9.17, 15) is 29.3 Å². The molecule has 1 aliphatic heterocycles. The smallest absolute Gasteiger partial charge is 0.329 e. The van der Waals surface area contributed by atoms with Crippen LogP contribution in [0.5, 0.6) is 0 Å². The topological polar surface area (TPSA) is 136 Å². The predicted molar refractivity (Wildman–Crippen MR) is 104 cm³/mol. The zero-order valence-corrected chi connectivity index (χ0v) is 16.8. The number of hydrogen-bond acceptors (Lipinski definition) is 7. The minimum absolute atomic E-state index is 0.0432. The minimum atomic E-state index is -1.35. The Morgan fingerprint density at radius 2 is 1.83 bits per heavy atom. The Hall–Kier alpha value is -3.30. The first kappa shape index (κ1) is 21.4. The highest BCUT2D eigenvalue weighted by Crippen LogP contribution is 2.32. The van der Waals surface area contributed by atoms with Crippen molar-refractivity contribution in [3.8, 4) is 0 Å². The normalized spacial score (nSPS) is 18.5. The zero-order chi connectivity index (χ0) is 22.0. The summed E-state index contributed by atoms with van der Waals surface area (Å²) in [5, 5.41) is 14.0. The van der Waals surface area contributed by atoms with Gasteiger partial charge in [-0.25, -0.2) is 4.79 Å². The number of imide groups is 1. The van der Waals surface area contributed by atoms with Crippen LogP contribution in [0.1, 0.15) is 66.7 Å². The average Bonchev–Trinajstić information content (AvgIpc) is 2.98. The number of fused-ring (bicyclic) bond motifs is 1. The lowest BCUT2D eigenvalue weighted by Gasteiger charge is -2.26. The molecule has 2 aliphatic rings. The van der Waals surface area contributed by atoms with Crippen LogP contribution in [0.25, 0.3) is 0 Å². The monoisotopic (exact) mass is 417 g/mol. The Labute approximate surface area is 172 Å². The van der Waals surface area contributed by atoms with Gasteiger partial charge in [-0.2, -0.15) is 0 Å². The lowest BCUT2D eigenvalue weighted by molar-refractivity contribution is -0.385. The molecule has 160 valence electrons. The molecule has 2 atom stereocenters. The number of ether oxygens (including phenoxy) is 1. The highest BCUT2D eigenvalue weighted by molar-refractivity contribution is 6.24. The number of carbonyl (C=O) groups is 4. The van der Waals surface area contributed by atoms with Gasteiger partial charge in [0.25, 0.3) is 23.4 Å². The van der Waals surface area contributed by atoms with Gasteiger partial charge in [0.2, 0.25) is 0 Å². The number of nitrogens with one attached hydrogen (secondary N) is 1. The second-order valence-electron chi connectivity index (χ2n) is 7.54. The molecule has 1 aliphatic carbocycles. The van der Waals surface area contributed by atoms with Gasteiger partial charge < -0.3 is 10.1 Å². The van der Waals surface area contributed by atoms with Gasteiger partial charge in [0, 0.05) is 12.1 Å². The average molecular weight is 417 g/mol. The second-order valence-corrected chi connectivity index (χ2v) is 7.54. The summed E-state index contributed by atoms with van der Waals surface area (Å²) in [4.78, 5) is 61.2. The molecule has 30 heavy (non-hydrogen) atoms. The van der Waals surface area contributed by atoms with E-state index in [1.807, 2.05) is 0 Å². The van der Waals surface area contributed by atoms with Gasteiger partial charge in [0.05, 0.1) is 10.5 Å². The molecule has 10 heteroatoms. The molecule has 1 aromatic carbocycles. The lowest BCUT2D eigenvalue weighted by atomic mass is 9.95. The van der Waals surface area contributed by atoms with Crippen LogP contribution in [0.2, 0.25) is 0 Å². The highest BCUT2D eigenvalue weighted by Gasteiger charge is 2.45. The van der Waals surface area contributed by atoms with Crippen LogP contribution < -0.4 is 5.32 Å². The van der Waals surface area contributed by atoms with E-state index in [0.717, 1.165) is 38.2 Å². The maximum atomic E-state index is 12.7.